The molecule has 0 bridgehead atoms. The number of carbonyl (C=O) groups is 1. The lowest BCUT2D eigenvalue weighted by atomic mass is 10.0. The van der Waals surface area contributed by atoms with E-state index in [-0.39, 0.29) is 11.8 Å². The molecule has 0 aliphatic carbocycles. The van der Waals surface area contributed by atoms with E-state index in [0.717, 1.165) is 6.42 Å². The molecule has 3 nitrogen and oxygen atoms in total. The van der Waals surface area contributed by atoms with Gasteiger partial charge in [0.15, 0.2) is 0 Å². The van der Waals surface area contributed by atoms with Gasteiger partial charge in [0.25, 0.3) is 0 Å². The molecule has 1 aromatic carbocycles. The molecular formula is C13H14N2O. The van der Waals surface area contributed by atoms with Crippen LogP contribution in [0.25, 0.3) is 0 Å². The number of nitrogens with zero attached hydrogens (tertiary/aromatic N) is 2. The van der Waals surface area contributed by atoms with Gasteiger partial charge in [-0.15, -0.1) is 0 Å². The van der Waals surface area contributed by atoms with Crippen LogP contribution >= 0.6 is 0 Å². The normalized spacial score (nSPS) is 12.3. The quantitative estimate of drug-likeness (QED) is 0.786. The summed E-state index contributed by atoms with van der Waals surface area (Å²) in [7, 11) is 0. The van der Waals surface area contributed by atoms with Crippen LogP contribution < -0.4 is 0 Å². The fraction of sp³-hybridized carbons (Fsp3) is 0.231. The number of hydrogen-bond acceptors (Lipinski definition) is 2. The van der Waals surface area contributed by atoms with Gasteiger partial charge in [-0.3, -0.25) is 4.79 Å². The SMILES string of the molecule is CC(Cc1ccccc1)C(=O)n1cccn1. The van der Waals surface area contributed by atoms with Gasteiger partial charge in [-0.1, -0.05) is 37.3 Å². The maximum atomic E-state index is 11.9. The highest BCUT2D eigenvalue weighted by atomic mass is 16.2. The molecular weight excluding hydrogens is 200 g/mol. The summed E-state index contributed by atoms with van der Waals surface area (Å²) in [5.41, 5.74) is 1.18. The van der Waals surface area contributed by atoms with E-state index in [1.165, 1.54) is 10.2 Å². The first-order chi connectivity index (χ1) is 7.77. The van der Waals surface area contributed by atoms with Crippen LogP contribution in [-0.2, 0) is 6.42 Å². The highest BCUT2D eigenvalue weighted by Gasteiger charge is 2.15. The van der Waals surface area contributed by atoms with Crippen molar-refractivity contribution in [3.63, 3.8) is 0 Å². The lowest BCUT2D eigenvalue weighted by Gasteiger charge is -2.09. The van der Waals surface area contributed by atoms with Crippen LogP contribution in [0.2, 0.25) is 0 Å². The van der Waals surface area contributed by atoms with Crippen molar-refractivity contribution in [3.8, 4) is 0 Å². The van der Waals surface area contributed by atoms with Gasteiger partial charge in [0.2, 0.25) is 5.91 Å². The molecule has 0 fully saturated rings. The maximum Gasteiger partial charge on any atom is 0.249 e. The maximum absolute atomic E-state index is 11.9. The van der Waals surface area contributed by atoms with Gasteiger partial charge in [0, 0.05) is 18.3 Å². The Morgan fingerprint density at radius 1 is 1.31 bits per heavy atom. The smallest absolute Gasteiger partial charge is 0.249 e. The Bertz CT molecular complexity index is 448. The monoisotopic (exact) mass is 214 g/mol. The second-order valence-corrected chi connectivity index (χ2v) is 3.88. The van der Waals surface area contributed by atoms with E-state index in [4.69, 9.17) is 0 Å². The number of aromatic nitrogens is 2. The zero-order valence-electron chi connectivity index (χ0n) is 9.21. The minimum absolute atomic E-state index is 0.0360. The van der Waals surface area contributed by atoms with Crippen LogP contribution in [0, 0.1) is 5.92 Å². The standard InChI is InChI=1S/C13H14N2O/c1-11(10-12-6-3-2-4-7-12)13(16)15-9-5-8-14-15/h2-9,11H,10H2,1H3. The number of carbonyl (C=O) groups excluding carboxylic acids is 1. The fourth-order valence-corrected chi connectivity index (χ4v) is 1.68. The van der Waals surface area contributed by atoms with Gasteiger partial charge < -0.3 is 0 Å². The van der Waals surface area contributed by atoms with Crippen molar-refractivity contribution in [1.82, 2.24) is 9.78 Å². The Morgan fingerprint density at radius 3 is 2.69 bits per heavy atom. The fourth-order valence-electron chi connectivity index (χ4n) is 1.68. The van der Waals surface area contributed by atoms with E-state index in [0.29, 0.717) is 0 Å². The molecule has 1 unspecified atom stereocenters. The minimum Gasteiger partial charge on any atom is -0.272 e. The van der Waals surface area contributed by atoms with Gasteiger partial charge in [0.05, 0.1) is 0 Å². The van der Waals surface area contributed by atoms with Crippen molar-refractivity contribution in [3.05, 3.63) is 54.4 Å². The Kier molecular flexibility index (Phi) is 3.15. The second kappa shape index (κ2) is 4.75. The van der Waals surface area contributed by atoms with Gasteiger partial charge in [-0.25, -0.2) is 4.68 Å². The predicted octanol–water partition coefficient (Wildman–Crippen LogP) is 2.40. The molecule has 82 valence electrons. The summed E-state index contributed by atoms with van der Waals surface area (Å²) in [5, 5.41) is 3.95. The molecule has 0 saturated heterocycles. The molecule has 0 aliphatic rings. The van der Waals surface area contributed by atoms with Crippen molar-refractivity contribution < 1.29 is 4.79 Å². The topological polar surface area (TPSA) is 34.9 Å². The Hall–Kier alpha value is -1.90. The van der Waals surface area contributed by atoms with E-state index in [1.807, 2.05) is 37.3 Å². The van der Waals surface area contributed by atoms with Gasteiger partial charge in [0.1, 0.15) is 0 Å². The Balaban J connectivity index is 2.04. The largest absolute Gasteiger partial charge is 0.272 e. The van der Waals surface area contributed by atoms with Crippen molar-refractivity contribution in [2.75, 3.05) is 0 Å². The Morgan fingerprint density at radius 2 is 2.06 bits per heavy atom. The van der Waals surface area contributed by atoms with Crippen LogP contribution in [-0.4, -0.2) is 15.7 Å². The molecule has 2 aromatic rings. The van der Waals surface area contributed by atoms with Crippen LogP contribution in [0.5, 0.6) is 0 Å². The predicted molar refractivity (Wildman–Crippen MR) is 62.2 cm³/mol. The summed E-state index contributed by atoms with van der Waals surface area (Å²) >= 11 is 0. The first-order valence-corrected chi connectivity index (χ1v) is 5.35. The number of rotatable bonds is 3. The second-order valence-electron chi connectivity index (χ2n) is 3.88. The molecule has 16 heavy (non-hydrogen) atoms. The molecule has 2 rings (SSSR count). The molecule has 3 heteroatoms. The summed E-state index contributed by atoms with van der Waals surface area (Å²) in [6.07, 6.45) is 4.05. The molecule has 0 aliphatic heterocycles. The zero-order valence-corrected chi connectivity index (χ0v) is 9.21. The van der Waals surface area contributed by atoms with E-state index in [2.05, 4.69) is 5.10 Å². The first-order valence-electron chi connectivity index (χ1n) is 5.35. The van der Waals surface area contributed by atoms with Gasteiger partial charge >= 0.3 is 0 Å². The highest BCUT2D eigenvalue weighted by molar-refractivity contribution is 5.80. The zero-order chi connectivity index (χ0) is 11.4. The summed E-state index contributed by atoms with van der Waals surface area (Å²) in [6.45, 7) is 1.93. The third kappa shape index (κ3) is 2.37. The van der Waals surface area contributed by atoms with Crippen molar-refractivity contribution in [2.45, 2.75) is 13.3 Å². The number of benzene rings is 1. The van der Waals surface area contributed by atoms with Crippen molar-refractivity contribution in [2.24, 2.45) is 5.92 Å². The summed E-state index contributed by atoms with van der Waals surface area (Å²) in [5.74, 6) is -0.0175. The molecule has 0 saturated carbocycles. The lowest BCUT2D eigenvalue weighted by molar-refractivity contribution is 0.0827. The third-order valence-electron chi connectivity index (χ3n) is 2.54. The lowest BCUT2D eigenvalue weighted by Crippen LogP contribution is -2.21. The molecule has 0 amide bonds. The third-order valence-corrected chi connectivity index (χ3v) is 2.54. The molecule has 0 N–H and O–H groups in total. The highest BCUT2D eigenvalue weighted by Crippen LogP contribution is 2.09. The minimum atomic E-state index is -0.0534. The molecule has 0 spiro atoms. The average Bonchev–Trinajstić information content (AvgIpc) is 2.83. The van der Waals surface area contributed by atoms with E-state index in [9.17, 15) is 4.79 Å². The van der Waals surface area contributed by atoms with Crippen molar-refractivity contribution >= 4 is 5.91 Å². The number of hydrogen-bond donors (Lipinski definition) is 0. The van der Waals surface area contributed by atoms with Crippen molar-refractivity contribution in [1.29, 1.82) is 0 Å². The Labute approximate surface area is 94.7 Å². The molecule has 0 radical (unpaired) electrons. The molecule has 1 atom stereocenters. The summed E-state index contributed by atoms with van der Waals surface area (Å²) < 4.78 is 1.40. The summed E-state index contributed by atoms with van der Waals surface area (Å²) in [6, 6.07) is 11.8. The van der Waals surface area contributed by atoms with E-state index >= 15 is 0 Å². The average molecular weight is 214 g/mol. The van der Waals surface area contributed by atoms with Gasteiger partial charge in [-0.05, 0) is 18.1 Å². The van der Waals surface area contributed by atoms with Crippen LogP contribution in [0.15, 0.2) is 48.8 Å². The summed E-state index contributed by atoms with van der Waals surface area (Å²) in [4.78, 5) is 11.9. The molecule has 1 heterocycles. The van der Waals surface area contributed by atoms with Crippen LogP contribution in [0.1, 0.15) is 17.3 Å². The molecule has 1 aromatic heterocycles. The van der Waals surface area contributed by atoms with Gasteiger partial charge in [-0.2, -0.15) is 5.10 Å². The van der Waals surface area contributed by atoms with E-state index < -0.39 is 0 Å². The van der Waals surface area contributed by atoms with Crippen LogP contribution in [0.4, 0.5) is 0 Å². The van der Waals surface area contributed by atoms with E-state index in [1.54, 1.807) is 18.5 Å². The van der Waals surface area contributed by atoms with Crippen LogP contribution in [0.3, 0.4) is 0 Å². The first kappa shape index (κ1) is 10.6.